The average Bonchev–Trinajstić information content (AvgIpc) is 4.20. The fraction of sp³-hybridized carbons (Fsp3) is 0.862. The predicted octanol–water partition coefficient (Wildman–Crippen LogP) is 14.1. The van der Waals surface area contributed by atoms with E-state index in [1.54, 1.807) is 6.92 Å². The van der Waals surface area contributed by atoms with Crippen molar-refractivity contribution in [3.05, 3.63) is 36.0 Å². The van der Waals surface area contributed by atoms with Crippen molar-refractivity contribution >= 4 is 37.0 Å². The van der Waals surface area contributed by atoms with E-state index in [-0.39, 0.29) is 42.5 Å². The topological polar surface area (TPSA) is 120 Å². The first-order valence-corrected chi connectivity index (χ1v) is 37.2. The minimum atomic E-state index is -2.16. The van der Waals surface area contributed by atoms with Crippen molar-refractivity contribution in [2.24, 2.45) is 11.8 Å². The summed E-state index contributed by atoms with van der Waals surface area (Å²) in [5.41, 5.74) is -1.09. The van der Waals surface area contributed by atoms with Crippen molar-refractivity contribution in [1.29, 1.82) is 0 Å². The summed E-state index contributed by atoms with van der Waals surface area (Å²) in [6, 6.07) is 9.94. The molecule has 0 aromatic rings. The number of rotatable bonds is 25. The Labute approximate surface area is 443 Å². The Balaban J connectivity index is 1.63. The first-order chi connectivity index (χ1) is 34.2. The van der Waals surface area contributed by atoms with Crippen molar-refractivity contribution in [2.45, 2.75) is 283 Å². The van der Waals surface area contributed by atoms with Crippen LogP contribution < -0.4 is 0 Å². The zero-order valence-corrected chi connectivity index (χ0v) is 51.7. The number of aliphatic hydroxyl groups is 1. The number of hydrogen-bond donors (Lipinski definition) is 1. The molecule has 3 heterocycles. The van der Waals surface area contributed by atoms with E-state index in [2.05, 4.69) is 106 Å². The summed E-state index contributed by atoms with van der Waals surface area (Å²) in [6.45, 7) is 35.8. The number of epoxide rings is 1. The smallest absolute Gasteiger partial charge is 0.410 e. The van der Waals surface area contributed by atoms with Gasteiger partial charge in [0.2, 0.25) is 0 Å². The van der Waals surface area contributed by atoms with Gasteiger partial charge in [-0.2, -0.15) is 0 Å². The lowest BCUT2D eigenvalue weighted by molar-refractivity contribution is -0.151. The van der Waals surface area contributed by atoms with Crippen molar-refractivity contribution in [2.75, 3.05) is 26.2 Å². The highest BCUT2D eigenvalue weighted by Crippen LogP contribution is 2.43. The zero-order valence-electron chi connectivity index (χ0n) is 48.7. The number of carbonyl (C=O) groups is 2. The summed E-state index contributed by atoms with van der Waals surface area (Å²) in [4.78, 5) is 32.6. The molecule has 0 bridgehead atoms. The van der Waals surface area contributed by atoms with E-state index in [1.807, 2.05) is 30.9 Å². The largest absolute Gasteiger partial charge is 0.457 e. The molecule has 0 aromatic heterocycles. The molecule has 11 nitrogen and oxygen atoms in total. The maximum Gasteiger partial charge on any atom is 0.410 e. The number of carbonyl (C=O) groups excluding carboxylic acids is 2. The number of hydrogen-bond acceptors (Lipinski definition) is 10. The molecular formula is C58H108N2O9Si3. The third-order valence-electron chi connectivity index (χ3n) is 18.5. The van der Waals surface area contributed by atoms with Crippen LogP contribution in [-0.2, 0) is 32.3 Å². The number of nitrogens with zero attached hydrogens (tertiary/aromatic N) is 2. The van der Waals surface area contributed by atoms with E-state index in [0.29, 0.717) is 32.0 Å². The second-order valence-corrected chi connectivity index (χ2v) is 37.3. The van der Waals surface area contributed by atoms with Crippen LogP contribution in [0, 0.1) is 11.8 Å². The molecule has 0 unspecified atom stereocenters. The number of piperazine rings is 1. The van der Waals surface area contributed by atoms with Crippen LogP contribution in [0.1, 0.15) is 174 Å². The molecule has 2 saturated heterocycles. The molecule has 0 aromatic carbocycles. The normalized spacial score (nSPS) is 29.4. The minimum Gasteiger partial charge on any atom is -0.457 e. The Hall–Kier alpha value is -1.63. The molecule has 1 N–H and O–H groups in total. The fourth-order valence-corrected chi connectivity index (χ4v) is 21.4. The Morgan fingerprint density at radius 2 is 1.42 bits per heavy atom. The van der Waals surface area contributed by atoms with E-state index < -0.39 is 60.6 Å². The molecule has 10 atom stereocenters. The first-order valence-electron chi connectivity index (χ1n) is 29.6. The molecule has 1 saturated carbocycles. The summed E-state index contributed by atoms with van der Waals surface area (Å²) in [6.07, 6.45) is 18.4. The van der Waals surface area contributed by atoms with Gasteiger partial charge in [0.05, 0.1) is 30.3 Å². The maximum atomic E-state index is 14.2. The van der Waals surface area contributed by atoms with Crippen LogP contribution in [0.5, 0.6) is 0 Å². The summed E-state index contributed by atoms with van der Waals surface area (Å²) < 4.78 is 40.9. The van der Waals surface area contributed by atoms with Crippen molar-refractivity contribution in [1.82, 2.24) is 9.80 Å². The summed E-state index contributed by atoms with van der Waals surface area (Å²) in [7, 11) is -6.00. The van der Waals surface area contributed by atoms with E-state index in [0.717, 1.165) is 85.9 Å². The van der Waals surface area contributed by atoms with Gasteiger partial charge in [0, 0.05) is 56.6 Å². The predicted molar refractivity (Wildman–Crippen MR) is 304 cm³/mol. The third-order valence-corrected chi connectivity index (χ3v) is 32.6. The van der Waals surface area contributed by atoms with Crippen LogP contribution in [0.15, 0.2) is 36.0 Å². The van der Waals surface area contributed by atoms with Crippen LogP contribution in [-0.4, -0.2) is 132 Å². The van der Waals surface area contributed by atoms with Gasteiger partial charge in [-0.25, -0.2) is 4.79 Å². The van der Waals surface area contributed by atoms with Gasteiger partial charge in [0.25, 0.3) is 0 Å². The lowest BCUT2D eigenvalue weighted by atomic mass is 9.88. The molecule has 0 radical (unpaired) electrons. The van der Waals surface area contributed by atoms with E-state index >= 15 is 0 Å². The van der Waals surface area contributed by atoms with Gasteiger partial charge < -0.3 is 37.5 Å². The Morgan fingerprint density at radius 1 is 0.847 bits per heavy atom. The average molecular weight is 1060 g/mol. The molecule has 72 heavy (non-hydrogen) atoms. The van der Waals surface area contributed by atoms with Gasteiger partial charge in [0.1, 0.15) is 11.7 Å². The molecule has 3 aliphatic heterocycles. The van der Waals surface area contributed by atoms with Gasteiger partial charge >= 0.3 is 12.1 Å². The first kappa shape index (κ1) is 62.9. The van der Waals surface area contributed by atoms with Crippen LogP contribution in [0.25, 0.3) is 0 Å². The van der Waals surface area contributed by atoms with E-state index in [4.69, 9.17) is 27.5 Å². The van der Waals surface area contributed by atoms with Gasteiger partial charge in [-0.05, 0) is 119 Å². The Morgan fingerprint density at radius 3 is 1.96 bits per heavy atom. The number of amides is 1. The molecule has 4 rings (SSSR count). The van der Waals surface area contributed by atoms with E-state index in [9.17, 15) is 14.7 Å². The Bertz CT molecular complexity index is 1690. The highest BCUT2D eigenvalue weighted by molar-refractivity contribution is 6.74. The second-order valence-electron chi connectivity index (χ2n) is 23.1. The fourth-order valence-electron chi connectivity index (χ4n) is 12.3. The summed E-state index contributed by atoms with van der Waals surface area (Å²) in [5, 5.41) is 12.3. The molecular weight excluding hydrogens is 953 g/mol. The standard InChI is InChI=1S/C58H108N2O9Si3/c1-16-50(68-71(20-5,21-6)22-7)47(13)55-51(64-55)44-57(14,69-72(23-8,24-9)25-10)37-30-31-45(11)54-46(12)34-35-52(65-56(62)60-41-39-59(40-42-60)48-32-28-26-27-29-33-48)58(15,63)38-36-49(43-53(61)66-54)67-70(17-2,18-3)19-4/h30-31,34-35,37,46-52,54-55,63H,16-29,32-33,36,38-44H2,1-15H3/b35-34+,37-30+,45-31+/t46-,47+,49+,50-,51+,52-,54+,55+,57-,58+/m0/s1. The van der Waals surface area contributed by atoms with Crippen molar-refractivity contribution in [3.63, 3.8) is 0 Å². The molecule has 1 amide bonds. The van der Waals surface area contributed by atoms with Gasteiger partial charge in [-0.15, -0.1) is 0 Å². The Kier molecular flexibility index (Phi) is 25.5. The van der Waals surface area contributed by atoms with Gasteiger partial charge in [-0.1, -0.05) is 133 Å². The monoisotopic (exact) mass is 1060 g/mol. The molecule has 1 aliphatic carbocycles. The number of ether oxygens (including phenoxy) is 3. The maximum absolute atomic E-state index is 14.2. The molecule has 0 spiro atoms. The quantitative estimate of drug-likeness (QED) is 0.0236. The zero-order chi connectivity index (χ0) is 53.3. The highest BCUT2D eigenvalue weighted by Gasteiger charge is 2.51. The lowest BCUT2D eigenvalue weighted by Crippen LogP contribution is -2.53. The van der Waals surface area contributed by atoms with Crippen LogP contribution in [0.3, 0.4) is 0 Å². The third kappa shape index (κ3) is 17.4. The van der Waals surface area contributed by atoms with Gasteiger partial charge in [0.15, 0.2) is 31.1 Å². The van der Waals surface area contributed by atoms with Gasteiger partial charge in [-0.3, -0.25) is 9.69 Å². The van der Waals surface area contributed by atoms with Crippen LogP contribution in [0.2, 0.25) is 54.4 Å². The SMILES string of the molecule is CC[C@H](O[Si](CC)(CC)CC)[C@@H](C)[C@H]1O[C@@H]1C[C@](C)(/C=C/C=C(\C)[C@H]1OC(=O)C[C@H](O[Si](CC)(CC)CC)CC[C@@](C)(O)[C@@H](OC(=O)N2CCN(C3CCCCCC3)CC2)/C=C/[C@@H]1C)O[Si](CC)(CC)CC. The molecule has 3 fully saturated rings. The van der Waals surface area contributed by atoms with Crippen molar-refractivity contribution in [3.8, 4) is 0 Å². The van der Waals surface area contributed by atoms with Crippen LogP contribution in [0.4, 0.5) is 4.79 Å². The van der Waals surface area contributed by atoms with Crippen molar-refractivity contribution < 1.29 is 42.2 Å². The number of cyclic esters (lactones) is 1. The number of allylic oxidation sites excluding steroid dienone is 2. The lowest BCUT2D eigenvalue weighted by Gasteiger charge is -2.40. The van der Waals surface area contributed by atoms with E-state index in [1.165, 1.54) is 38.5 Å². The molecule has 14 heteroatoms. The highest BCUT2D eigenvalue weighted by atomic mass is 28.4. The van der Waals surface area contributed by atoms with Crippen LogP contribution >= 0.6 is 0 Å². The molecule has 4 aliphatic rings. The summed E-state index contributed by atoms with van der Waals surface area (Å²) >= 11 is 0. The minimum absolute atomic E-state index is 0.0770. The summed E-state index contributed by atoms with van der Waals surface area (Å²) in [5.74, 6) is -0.327. The molecule has 416 valence electrons. The second kappa shape index (κ2) is 29.2. The number of esters is 1.